The molecule has 40 atom stereocenters. The average Bonchev–Trinajstić information content (AvgIpc) is 0.822. The Morgan fingerprint density at radius 2 is 0.620 bits per heavy atom. The van der Waals surface area contributed by atoms with Gasteiger partial charge in [0.25, 0.3) is 0 Å². The van der Waals surface area contributed by atoms with Crippen molar-refractivity contribution in [3.05, 3.63) is 0 Å². The lowest BCUT2D eigenvalue weighted by Gasteiger charge is -2.52. The van der Waals surface area contributed by atoms with E-state index >= 15 is 0 Å². The molecule has 8 saturated heterocycles. The summed E-state index contributed by atoms with van der Waals surface area (Å²) in [5, 5.41) is 241. The Hall–Kier alpha value is -3.56. The first kappa shape index (κ1) is 82.1. The molecule has 100 heavy (non-hydrogen) atoms. The molecule has 44 heteroatoms. The van der Waals surface area contributed by atoms with Gasteiger partial charge in [0.2, 0.25) is 23.6 Å². The maximum absolute atomic E-state index is 13.3. The Balaban J connectivity index is 1.07. The van der Waals surface area contributed by atoms with Crippen LogP contribution in [0.1, 0.15) is 34.6 Å². The normalized spacial score (nSPS) is 48.7. The Bertz CT molecular complexity index is 2620. The lowest BCUT2D eigenvalue weighted by Crippen LogP contribution is -2.71. The third-order valence-corrected chi connectivity index (χ3v) is 18.2. The van der Waals surface area contributed by atoms with Gasteiger partial charge in [0.05, 0.1) is 52.4 Å². The quantitative estimate of drug-likeness (QED) is 0.0404. The Kier molecular flexibility index (Phi) is 29.3. The molecule has 578 valence electrons. The number of ether oxygens (including phenoxy) is 15. The van der Waals surface area contributed by atoms with Crippen LogP contribution in [0.2, 0.25) is 0 Å². The second-order valence-electron chi connectivity index (χ2n) is 25.3. The predicted molar refractivity (Wildman–Crippen MR) is 309 cm³/mol. The van der Waals surface area contributed by atoms with Crippen LogP contribution in [0.4, 0.5) is 0 Å². The molecule has 0 bridgehead atoms. The van der Waals surface area contributed by atoms with Crippen molar-refractivity contribution >= 4 is 23.6 Å². The van der Waals surface area contributed by atoms with E-state index in [1.807, 2.05) is 0 Å². The summed E-state index contributed by atoms with van der Waals surface area (Å²) in [6.45, 7) is -1.97. The number of rotatable bonds is 25. The van der Waals surface area contributed by atoms with Gasteiger partial charge in [0.15, 0.2) is 50.3 Å². The number of nitrogens with one attached hydrogen (secondary N) is 4. The lowest BCUT2D eigenvalue weighted by molar-refractivity contribution is -0.400. The van der Waals surface area contributed by atoms with E-state index in [1.165, 1.54) is 6.92 Å². The van der Waals surface area contributed by atoms with Gasteiger partial charge in [-0.15, -0.1) is 0 Å². The highest BCUT2D eigenvalue weighted by atomic mass is 16.8. The van der Waals surface area contributed by atoms with Crippen molar-refractivity contribution in [2.75, 3.05) is 46.2 Å². The van der Waals surface area contributed by atoms with Gasteiger partial charge >= 0.3 is 0 Å². The molecular formula is C56H94N4O40. The molecule has 8 heterocycles. The average molecular weight is 1460 g/mol. The summed E-state index contributed by atoms with van der Waals surface area (Å²) in [5.74, 6) is -3.51. The molecule has 0 aromatic rings. The fraction of sp³-hybridized carbons (Fsp3) is 0.929. The van der Waals surface area contributed by atoms with Gasteiger partial charge in [-0.2, -0.15) is 0 Å². The van der Waals surface area contributed by atoms with Crippen molar-refractivity contribution in [2.24, 2.45) is 0 Å². The number of aliphatic hydroxyl groups is 21. The second-order valence-corrected chi connectivity index (χ2v) is 25.3. The van der Waals surface area contributed by atoms with Crippen LogP contribution in [0.15, 0.2) is 0 Å². The van der Waals surface area contributed by atoms with Crippen LogP contribution >= 0.6 is 0 Å². The summed E-state index contributed by atoms with van der Waals surface area (Å²) in [4.78, 5) is 51.0. The van der Waals surface area contributed by atoms with E-state index in [4.69, 9.17) is 71.1 Å². The molecule has 0 saturated carbocycles. The summed E-state index contributed by atoms with van der Waals surface area (Å²) >= 11 is 0. The summed E-state index contributed by atoms with van der Waals surface area (Å²) in [5.41, 5.74) is 0. The van der Waals surface area contributed by atoms with Crippen LogP contribution in [0.3, 0.4) is 0 Å². The molecule has 0 aromatic heterocycles. The van der Waals surface area contributed by atoms with Crippen LogP contribution in [0, 0.1) is 0 Å². The first-order valence-electron chi connectivity index (χ1n) is 32.0. The summed E-state index contributed by atoms with van der Waals surface area (Å²) in [6, 6.07) is -7.22. The highest BCUT2D eigenvalue weighted by molar-refractivity contribution is 5.74. The van der Waals surface area contributed by atoms with E-state index in [0.29, 0.717) is 0 Å². The van der Waals surface area contributed by atoms with E-state index in [9.17, 15) is 126 Å². The standard InChI is InChI=1S/C56H94N4O40/c1-13-29(71)38(80)40(82)53(87-13)100-48-47(99-51-25(57-14(2)67)36(78)30(72)18(6-61)89-51)34(76)22(10-65)93-56(48)97-45-28(60-17(5)70)52(90-20(8-63)32(45)74)98-46-33(75)21(9-64)92-55(42(46)84)96-44-27(59-16(4)69)49(85)88-24(35(44)77)12-86-50-26(58-15(3)68)37(79)43(23(11-66)94-50)95-54-41(83)39(81)31(73)19(7-62)91-54/h13,18-56,61-66,71-85H,6-12H2,1-5H3,(H,57,67)(H,58,68)(H,59,69)(H,60,70)/t13-,18+,19+,20+,21+,22+,23+,24+,25+,26+,27+,28+,29+,30-,31-,32+,33-,34-,35-,36+,37+,38+,39-,40-,41+,42+,43+,44+,45+,46-,47-,48+,49?,50+,51+,52-,53-,54-,55-,56-/m0/s1. The number of hydrogen-bond donors (Lipinski definition) is 25. The molecule has 8 fully saturated rings. The summed E-state index contributed by atoms with van der Waals surface area (Å²) < 4.78 is 88.8. The number of carbonyl (C=O) groups is 4. The number of carbonyl (C=O) groups excluding carboxylic acids is 4. The molecule has 8 aliphatic heterocycles. The molecule has 0 aliphatic carbocycles. The zero-order chi connectivity index (χ0) is 73.8. The van der Waals surface area contributed by atoms with Gasteiger partial charge in [-0.1, -0.05) is 0 Å². The monoisotopic (exact) mass is 1460 g/mol. The summed E-state index contributed by atoms with van der Waals surface area (Å²) in [6.07, 6.45) is -71.1. The van der Waals surface area contributed by atoms with Crippen molar-refractivity contribution < 1.29 is 197 Å². The van der Waals surface area contributed by atoms with Crippen molar-refractivity contribution in [1.29, 1.82) is 0 Å². The largest absolute Gasteiger partial charge is 0.394 e. The predicted octanol–water partition coefficient (Wildman–Crippen LogP) is -16.8. The molecule has 1 unspecified atom stereocenters. The minimum Gasteiger partial charge on any atom is -0.394 e. The van der Waals surface area contributed by atoms with Gasteiger partial charge in [0, 0.05) is 27.7 Å². The van der Waals surface area contributed by atoms with Crippen molar-refractivity contribution in [1.82, 2.24) is 21.3 Å². The van der Waals surface area contributed by atoms with Crippen LogP contribution in [-0.4, -0.2) is 423 Å². The Morgan fingerprint density at radius 1 is 0.280 bits per heavy atom. The van der Waals surface area contributed by atoms with Gasteiger partial charge in [0.1, 0.15) is 189 Å². The SMILES string of the molecule is CC(=O)N[C@H]1[C@H](OC[C@H]2OC(O)[C@H](NC(C)=O)[C@@H](O[C@@H]3O[C@H](CO)[C@H](O)[C@H](O[C@@H]4O[C@H](CO)[C@@H](O)[C@H](O[C@@H]5O[C@H](CO)[C@H](O)[C@H](O[C@H]6O[C@H](CO)[C@H](O)[C@H](O)[C@H]6NC(C)=O)[C@H]5O[C@@H]5O[C@@H](C)[C@@H](O)[C@@H](O)[C@@H]5O)[C@H]4NC(C)=O)[C@H]3O)[C@H]2O)O[C@H](CO)[C@@H](O[C@@H]2O[C@H](CO)[C@H](O)[C@H](O)[C@H]2O)[C@@H]1O. The molecule has 8 rings (SSSR count). The molecule has 44 nitrogen and oxygen atoms in total. The molecule has 25 N–H and O–H groups in total. The van der Waals surface area contributed by atoms with Gasteiger partial charge in [-0.25, -0.2) is 0 Å². The van der Waals surface area contributed by atoms with Crippen molar-refractivity contribution in [2.45, 2.75) is 280 Å². The third-order valence-electron chi connectivity index (χ3n) is 18.2. The van der Waals surface area contributed by atoms with Gasteiger partial charge in [-0.05, 0) is 6.92 Å². The Labute approximate surface area is 567 Å². The molecule has 8 aliphatic rings. The van der Waals surface area contributed by atoms with Gasteiger partial charge in [-0.3, -0.25) is 19.2 Å². The van der Waals surface area contributed by atoms with E-state index in [1.54, 1.807) is 0 Å². The highest BCUT2D eigenvalue weighted by Gasteiger charge is 2.60. The summed E-state index contributed by atoms with van der Waals surface area (Å²) in [7, 11) is 0. The second kappa shape index (κ2) is 35.7. The molecule has 4 amide bonds. The fourth-order valence-corrected chi connectivity index (χ4v) is 12.9. The fourth-order valence-electron chi connectivity index (χ4n) is 12.9. The van der Waals surface area contributed by atoms with Crippen LogP contribution in [-0.2, 0) is 90.2 Å². The van der Waals surface area contributed by atoms with E-state index < -0.39 is 315 Å². The smallest absolute Gasteiger partial charge is 0.217 e. The topological polar surface area (TPSA) is 680 Å². The third kappa shape index (κ3) is 18.1. The minimum absolute atomic E-state index is 0.818. The maximum Gasteiger partial charge on any atom is 0.217 e. The van der Waals surface area contributed by atoms with E-state index in [-0.39, 0.29) is 0 Å². The number of aliphatic hydroxyl groups excluding tert-OH is 21. The lowest BCUT2D eigenvalue weighted by atomic mass is 9.93. The number of hydrogen-bond acceptors (Lipinski definition) is 40. The maximum atomic E-state index is 13.3. The zero-order valence-corrected chi connectivity index (χ0v) is 54.2. The van der Waals surface area contributed by atoms with Crippen LogP contribution in [0.5, 0.6) is 0 Å². The molecule has 0 spiro atoms. The van der Waals surface area contributed by atoms with E-state index in [2.05, 4.69) is 21.3 Å². The molecular weight excluding hydrogens is 1370 g/mol. The Morgan fingerprint density at radius 3 is 1.15 bits per heavy atom. The first-order valence-corrected chi connectivity index (χ1v) is 32.0. The van der Waals surface area contributed by atoms with Crippen LogP contribution < -0.4 is 21.3 Å². The van der Waals surface area contributed by atoms with Crippen molar-refractivity contribution in [3.63, 3.8) is 0 Å². The highest BCUT2D eigenvalue weighted by Crippen LogP contribution is 2.39. The minimum atomic E-state index is -2.39. The van der Waals surface area contributed by atoms with Crippen LogP contribution in [0.25, 0.3) is 0 Å². The first-order chi connectivity index (χ1) is 47.2. The van der Waals surface area contributed by atoms with Gasteiger partial charge < -0.3 is 200 Å². The zero-order valence-electron chi connectivity index (χ0n) is 54.2. The van der Waals surface area contributed by atoms with Crippen molar-refractivity contribution in [3.8, 4) is 0 Å². The van der Waals surface area contributed by atoms with E-state index in [0.717, 1.165) is 27.7 Å². The number of amides is 4. The molecule has 0 aromatic carbocycles. The molecule has 0 radical (unpaired) electrons.